The lowest BCUT2D eigenvalue weighted by Gasteiger charge is -2.06. The van der Waals surface area contributed by atoms with E-state index in [0.29, 0.717) is 5.56 Å². The predicted octanol–water partition coefficient (Wildman–Crippen LogP) is 3.07. The maximum Gasteiger partial charge on any atom is 0.342 e. The molecule has 0 atom stereocenters. The number of hydrogen-bond acceptors (Lipinski definition) is 2. The lowest BCUT2D eigenvalue weighted by molar-refractivity contribution is 0.0595. The van der Waals surface area contributed by atoms with Crippen molar-refractivity contribution in [2.75, 3.05) is 7.11 Å². The number of methoxy groups -OCH3 is 1. The molecule has 0 spiro atoms. The zero-order valence-corrected chi connectivity index (χ0v) is 10.3. The number of unbranched alkanes of at least 4 members (excludes halogenated alkanes) is 1. The fourth-order valence-electron chi connectivity index (χ4n) is 1.42. The van der Waals surface area contributed by atoms with Gasteiger partial charge in [0.05, 0.1) is 7.11 Å². The zero-order chi connectivity index (χ0) is 12.8. The average Bonchev–Trinajstić information content (AvgIpc) is 2.33. The lowest BCUT2D eigenvalue weighted by Crippen LogP contribution is -2.08. The average molecular weight is 234 g/mol. The predicted molar refractivity (Wildman–Crippen MR) is 64.3 cm³/mol. The van der Waals surface area contributed by atoms with Crippen molar-refractivity contribution in [2.45, 2.75) is 26.7 Å². The normalized spacial score (nSPS) is 9.41. The SMILES string of the molecule is CCCC#Cc1c(C)ccc(F)c1C(=O)OC. The largest absolute Gasteiger partial charge is 0.465 e. The van der Waals surface area contributed by atoms with E-state index >= 15 is 0 Å². The van der Waals surface area contributed by atoms with Crippen LogP contribution in [0.4, 0.5) is 4.39 Å². The maximum atomic E-state index is 13.6. The van der Waals surface area contributed by atoms with Crippen LogP contribution in [0, 0.1) is 24.6 Å². The Hall–Kier alpha value is -1.82. The summed E-state index contributed by atoms with van der Waals surface area (Å²) in [5.41, 5.74) is 1.12. The minimum Gasteiger partial charge on any atom is -0.465 e. The standard InChI is InChI=1S/C14H15FO2/c1-4-5-6-7-11-10(2)8-9-12(15)13(11)14(16)17-3/h8-9H,4-5H2,1-3H3. The third-order valence-corrected chi connectivity index (χ3v) is 2.34. The summed E-state index contributed by atoms with van der Waals surface area (Å²) < 4.78 is 18.2. The van der Waals surface area contributed by atoms with Crippen LogP contribution >= 0.6 is 0 Å². The van der Waals surface area contributed by atoms with Crippen LogP contribution in [-0.4, -0.2) is 13.1 Å². The topological polar surface area (TPSA) is 26.3 Å². The number of carbonyl (C=O) groups excluding carboxylic acids is 1. The zero-order valence-electron chi connectivity index (χ0n) is 10.3. The Labute approximate surface area is 101 Å². The Morgan fingerprint density at radius 1 is 1.47 bits per heavy atom. The van der Waals surface area contributed by atoms with Gasteiger partial charge >= 0.3 is 5.97 Å². The molecule has 90 valence electrons. The van der Waals surface area contributed by atoms with Crippen LogP contribution in [0.2, 0.25) is 0 Å². The molecule has 0 aromatic heterocycles. The Bertz CT molecular complexity index is 481. The van der Waals surface area contributed by atoms with Gasteiger partial charge in [0.1, 0.15) is 11.4 Å². The first kappa shape index (κ1) is 13.2. The van der Waals surface area contributed by atoms with Gasteiger partial charge in [-0.3, -0.25) is 0 Å². The van der Waals surface area contributed by atoms with Crippen molar-refractivity contribution in [3.8, 4) is 11.8 Å². The Kier molecular flexibility index (Phi) is 4.71. The number of rotatable bonds is 2. The molecule has 0 bridgehead atoms. The summed E-state index contributed by atoms with van der Waals surface area (Å²) in [6.07, 6.45) is 1.64. The van der Waals surface area contributed by atoms with Crippen LogP contribution in [-0.2, 0) is 4.74 Å². The summed E-state index contributed by atoms with van der Waals surface area (Å²) in [5, 5.41) is 0. The van der Waals surface area contributed by atoms with E-state index in [4.69, 9.17) is 0 Å². The van der Waals surface area contributed by atoms with Crippen LogP contribution < -0.4 is 0 Å². The van der Waals surface area contributed by atoms with E-state index < -0.39 is 11.8 Å². The maximum absolute atomic E-state index is 13.6. The van der Waals surface area contributed by atoms with Gasteiger partial charge in [-0.05, 0) is 25.0 Å². The first-order valence-corrected chi connectivity index (χ1v) is 5.48. The van der Waals surface area contributed by atoms with E-state index in [9.17, 15) is 9.18 Å². The summed E-state index contributed by atoms with van der Waals surface area (Å²) in [4.78, 5) is 11.5. The molecule has 0 radical (unpaired) electrons. The second kappa shape index (κ2) is 6.05. The molecule has 1 aromatic carbocycles. The first-order chi connectivity index (χ1) is 8.11. The number of aryl methyl sites for hydroxylation is 1. The fourth-order valence-corrected chi connectivity index (χ4v) is 1.42. The van der Waals surface area contributed by atoms with Gasteiger partial charge in [-0.15, -0.1) is 0 Å². The minimum atomic E-state index is -0.688. The van der Waals surface area contributed by atoms with Crippen LogP contribution in [0.15, 0.2) is 12.1 Å². The van der Waals surface area contributed by atoms with Crippen LogP contribution in [0.5, 0.6) is 0 Å². The van der Waals surface area contributed by atoms with E-state index in [0.717, 1.165) is 18.4 Å². The molecule has 1 aromatic rings. The molecule has 0 fully saturated rings. The van der Waals surface area contributed by atoms with Crippen molar-refractivity contribution < 1.29 is 13.9 Å². The fraction of sp³-hybridized carbons (Fsp3) is 0.357. The number of ether oxygens (including phenoxy) is 1. The van der Waals surface area contributed by atoms with Gasteiger partial charge in [0.15, 0.2) is 0 Å². The third kappa shape index (κ3) is 3.07. The molecule has 0 saturated heterocycles. The molecule has 1 rings (SSSR count). The monoisotopic (exact) mass is 234 g/mol. The Balaban J connectivity index is 3.31. The van der Waals surface area contributed by atoms with Gasteiger partial charge in [0.2, 0.25) is 0 Å². The van der Waals surface area contributed by atoms with Gasteiger partial charge in [-0.1, -0.05) is 24.8 Å². The van der Waals surface area contributed by atoms with Gasteiger partial charge in [-0.25, -0.2) is 9.18 Å². The van der Waals surface area contributed by atoms with Crippen molar-refractivity contribution in [2.24, 2.45) is 0 Å². The van der Waals surface area contributed by atoms with Gasteiger partial charge in [0.25, 0.3) is 0 Å². The molecule has 3 heteroatoms. The quantitative estimate of drug-likeness (QED) is 0.580. The van der Waals surface area contributed by atoms with Crippen LogP contribution in [0.1, 0.15) is 41.3 Å². The number of benzene rings is 1. The van der Waals surface area contributed by atoms with Crippen molar-refractivity contribution in [3.05, 3.63) is 34.6 Å². The smallest absolute Gasteiger partial charge is 0.342 e. The highest BCUT2D eigenvalue weighted by atomic mass is 19.1. The minimum absolute atomic E-state index is 0.0731. The Morgan fingerprint density at radius 3 is 2.76 bits per heavy atom. The highest BCUT2D eigenvalue weighted by molar-refractivity contribution is 5.93. The first-order valence-electron chi connectivity index (χ1n) is 5.48. The molecule has 0 unspecified atom stereocenters. The lowest BCUT2D eigenvalue weighted by atomic mass is 10.0. The van der Waals surface area contributed by atoms with Crippen LogP contribution in [0.25, 0.3) is 0 Å². The molecule has 17 heavy (non-hydrogen) atoms. The number of carbonyl (C=O) groups is 1. The van der Waals surface area contributed by atoms with Gasteiger partial charge in [0, 0.05) is 12.0 Å². The summed E-state index contributed by atoms with van der Waals surface area (Å²) in [7, 11) is 1.23. The molecular weight excluding hydrogens is 219 g/mol. The van der Waals surface area contributed by atoms with Crippen LogP contribution in [0.3, 0.4) is 0 Å². The van der Waals surface area contributed by atoms with E-state index in [-0.39, 0.29) is 5.56 Å². The molecule has 0 aliphatic carbocycles. The summed E-state index contributed by atoms with van der Waals surface area (Å²) in [6, 6.07) is 2.87. The molecule has 0 aliphatic heterocycles. The highest BCUT2D eigenvalue weighted by Gasteiger charge is 2.17. The molecule has 2 nitrogen and oxygen atoms in total. The molecular formula is C14H15FO2. The third-order valence-electron chi connectivity index (χ3n) is 2.34. The second-order valence-electron chi connectivity index (χ2n) is 3.66. The summed E-state index contributed by atoms with van der Waals surface area (Å²) in [6.45, 7) is 3.80. The van der Waals surface area contributed by atoms with Crippen molar-refractivity contribution >= 4 is 5.97 Å². The van der Waals surface area contributed by atoms with Gasteiger partial charge < -0.3 is 4.74 Å². The highest BCUT2D eigenvalue weighted by Crippen LogP contribution is 2.18. The Morgan fingerprint density at radius 2 is 2.18 bits per heavy atom. The summed E-state index contributed by atoms with van der Waals surface area (Å²) in [5.74, 6) is 4.48. The number of hydrogen-bond donors (Lipinski definition) is 0. The molecule has 0 heterocycles. The molecule has 0 N–H and O–H groups in total. The van der Waals surface area contributed by atoms with Crippen molar-refractivity contribution in [3.63, 3.8) is 0 Å². The molecule has 0 amide bonds. The molecule has 0 saturated carbocycles. The van der Waals surface area contributed by atoms with E-state index in [2.05, 4.69) is 16.6 Å². The van der Waals surface area contributed by atoms with Gasteiger partial charge in [-0.2, -0.15) is 0 Å². The van der Waals surface area contributed by atoms with Crippen molar-refractivity contribution in [1.29, 1.82) is 0 Å². The van der Waals surface area contributed by atoms with Crippen molar-refractivity contribution in [1.82, 2.24) is 0 Å². The van der Waals surface area contributed by atoms with E-state index in [1.807, 2.05) is 6.92 Å². The van der Waals surface area contributed by atoms with E-state index in [1.165, 1.54) is 13.2 Å². The molecule has 0 aliphatic rings. The summed E-state index contributed by atoms with van der Waals surface area (Å²) >= 11 is 0. The number of halogens is 1. The van der Waals surface area contributed by atoms with E-state index in [1.54, 1.807) is 13.0 Å². The second-order valence-corrected chi connectivity index (χ2v) is 3.66. The number of esters is 1.